The normalized spacial score (nSPS) is 16.1. The third-order valence-electron chi connectivity index (χ3n) is 3.03. The van der Waals surface area contributed by atoms with Crippen molar-refractivity contribution in [2.75, 3.05) is 13.1 Å². The van der Waals surface area contributed by atoms with Crippen LogP contribution in [0, 0.1) is 0 Å². The van der Waals surface area contributed by atoms with Crippen molar-refractivity contribution in [3.8, 4) is 11.3 Å². The minimum Gasteiger partial charge on any atom is -0.312 e. The van der Waals surface area contributed by atoms with Gasteiger partial charge in [0, 0.05) is 23.5 Å². The zero-order valence-corrected chi connectivity index (χ0v) is 11.1. The van der Waals surface area contributed by atoms with Gasteiger partial charge in [-0.15, -0.1) is 5.10 Å². The highest BCUT2D eigenvalue weighted by Crippen LogP contribution is 2.37. The van der Waals surface area contributed by atoms with E-state index in [9.17, 15) is 13.2 Å². The van der Waals surface area contributed by atoms with Crippen LogP contribution in [0.5, 0.6) is 0 Å². The minimum absolute atomic E-state index is 0.122. The fraction of sp³-hybridized carbons (Fsp3) is 0.333. The van der Waals surface area contributed by atoms with E-state index in [-0.39, 0.29) is 16.7 Å². The smallest absolute Gasteiger partial charge is 0.312 e. The molecule has 1 aliphatic heterocycles. The Morgan fingerprint density at radius 2 is 1.90 bits per heavy atom. The highest BCUT2D eigenvalue weighted by molar-refractivity contribution is 8.00. The Hall–Kier alpha value is -1.54. The van der Waals surface area contributed by atoms with Crippen molar-refractivity contribution in [1.29, 1.82) is 0 Å². The predicted molar refractivity (Wildman–Crippen MR) is 69.3 cm³/mol. The quantitative estimate of drug-likeness (QED) is 0.885. The molecule has 0 spiro atoms. The lowest BCUT2D eigenvalue weighted by Crippen LogP contribution is -2.43. The molecule has 2 heterocycles. The van der Waals surface area contributed by atoms with Gasteiger partial charge < -0.3 is 5.32 Å². The van der Waals surface area contributed by atoms with Gasteiger partial charge in [0.15, 0.2) is 0 Å². The minimum atomic E-state index is -4.26. The molecular formula is C12H11F3N4S. The molecule has 0 unspecified atom stereocenters. The summed E-state index contributed by atoms with van der Waals surface area (Å²) in [5.41, 5.74) is -2.84. The summed E-state index contributed by atoms with van der Waals surface area (Å²) >= 11 is -0.122. The monoisotopic (exact) mass is 300 g/mol. The fourth-order valence-electron chi connectivity index (χ4n) is 1.88. The highest BCUT2D eigenvalue weighted by Gasteiger charge is 2.29. The van der Waals surface area contributed by atoms with Crippen LogP contribution in [-0.2, 0) is 0 Å². The molecule has 0 amide bonds. The van der Waals surface area contributed by atoms with Crippen LogP contribution in [0.25, 0.3) is 11.3 Å². The zero-order valence-electron chi connectivity index (χ0n) is 10.3. The van der Waals surface area contributed by atoms with Gasteiger partial charge in [0.2, 0.25) is 0 Å². The lowest BCUT2D eigenvalue weighted by Gasteiger charge is -2.26. The van der Waals surface area contributed by atoms with Crippen molar-refractivity contribution >= 4 is 11.8 Å². The summed E-state index contributed by atoms with van der Waals surface area (Å²) in [6.45, 7) is 1.73. The van der Waals surface area contributed by atoms with Gasteiger partial charge >= 0.3 is 5.51 Å². The molecule has 20 heavy (non-hydrogen) atoms. The third kappa shape index (κ3) is 2.96. The van der Waals surface area contributed by atoms with E-state index >= 15 is 0 Å². The highest BCUT2D eigenvalue weighted by atomic mass is 32.2. The Balaban J connectivity index is 1.75. The number of nitrogens with one attached hydrogen (secondary N) is 1. The standard InChI is InChI=1S/C12H11F3N4S/c13-12(14,15)20-10-3-1-8(2-4-10)11-7-19(18-17-11)9-5-16-6-9/h1-4,7,9,16H,5-6H2. The molecule has 0 aliphatic carbocycles. The van der Waals surface area contributed by atoms with Crippen LogP contribution in [0.2, 0.25) is 0 Å². The number of rotatable bonds is 3. The first kappa shape index (κ1) is 13.4. The molecule has 0 atom stereocenters. The molecule has 4 nitrogen and oxygen atoms in total. The lowest BCUT2D eigenvalue weighted by atomic mass is 10.1. The van der Waals surface area contributed by atoms with E-state index in [1.807, 2.05) is 6.20 Å². The van der Waals surface area contributed by atoms with E-state index in [0.717, 1.165) is 18.7 Å². The number of nitrogens with zero attached hydrogens (tertiary/aromatic N) is 3. The van der Waals surface area contributed by atoms with Crippen molar-refractivity contribution in [3.05, 3.63) is 30.5 Å². The van der Waals surface area contributed by atoms with Gasteiger partial charge in [0.05, 0.1) is 12.2 Å². The lowest BCUT2D eigenvalue weighted by molar-refractivity contribution is -0.0328. The first-order chi connectivity index (χ1) is 9.51. The van der Waals surface area contributed by atoms with Crippen LogP contribution in [-0.4, -0.2) is 33.6 Å². The number of hydrogen-bond donors (Lipinski definition) is 1. The predicted octanol–water partition coefficient (Wildman–Crippen LogP) is 2.70. The van der Waals surface area contributed by atoms with E-state index in [4.69, 9.17) is 0 Å². The van der Waals surface area contributed by atoms with Crippen molar-refractivity contribution < 1.29 is 13.2 Å². The number of benzene rings is 1. The van der Waals surface area contributed by atoms with Gasteiger partial charge in [-0.25, -0.2) is 4.68 Å². The number of halogens is 3. The molecule has 1 fully saturated rings. The molecule has 1 aromatic carbocycles. The molecule has 0 saturated carbocycles. The van der Waals surface area contributed by atoms with Crippen molar-refractivity contribution in [2.24, 2.45) is 0 Å². The summed E-state index contributed by atoms with van der Waals surface area (Å²) in [6.07, 6.45) is 1.82. The second kappa shape index (κ2) is 5.10. The zero-order chi connectivity index (χ0) is 14.2. The number of alkyl halides is 3. The average molecular weight is 300 g/mol. The molecule has 1 saturated heterocycles. The summed E-state index contributed by atoms with van der Waals surface area (Å²) in [7, 11) is 0. The van der Waals surface area contributed by atoms with Crippen LogP contribution in [0.1, 0.15) is 6.04 Å². The second-order valence-corrected chi connectivity index (χ2v) is 5.61. The molecule has 1 aliphatic rings. The van der Waals surface area contributed by atoms with E-state index in [1.54, 1.807) is 16.8 Å². The molecule has 0 bridgehead atoms. The van der Waals surface area contributed by atoms with E-state index in [2.05, 4.69) is 15.6 Å². The maximum absolute atomic E-state index is 12.2. The summed E-state index contributed by atoms with van der Waals surface area (Å²) in [5, 5.41) is 11.2. The van der Waals surface area contributed by atoms with Gasteiger partial charge in [-0.2, -0.15) is 13.2 Å². The summed E-state index contributed by atoms with van der Waals surface area (Å²) < 4.78 is 38.5. The Morgan fingerprint density at radius 3 is 2.45 bits per heavy atom. The van der Waals surface area contributed by atoms with Crippen LogP contribution < -0.4 is 5.32 Å². The van der Waals surface area contributed by atoms with E-state index in [0.29, 0.717) is 11.7 Å². The average Bonchev–Trinajstić information content (AvgIpc) is 2.75. The molecule has 3 rings (SSSR count). The largest absolute Gasteiger partial charge is 0.446 e. The van der Waals surface area contributed by atoms with E-state index in [1.165, 1.54) is 12.1 Å². The SMILES string of the molecule is FC(F)(F)Sc1ccc(-c2cn(C3CNC3)nn2)cc1. The third-order valence-corrected chi connectivity index (χ3v) is 3.77. The molecular weight excluding hydrogens is 289 g/mol. The number of thioether (sulfide) groups is 1. The topological polar surface area (TPSA) is 42.7 Å². The van der Waals surface area contributed by atoms with Gasteiger partial charge in [0.25, 0.3) is 0 Å². The van der Waals surface area contributed by atoms with Crippen LogP contribution in [0.4, 0.5) is 13.2 Å². The molecule has 106 valence electrons. The maximum atomic E-state index is 12.2. The summed E-state index contributed by atoms with van der Waals surface area (Å²) in [4.78, 5) is 0.164. The van der Waals surface area contributed by atoms with Gasteiger partial charge in [-0.3, -0.25) is 0 Å². The number of aromatic nitrogens is 3. The van der Waals surface area contributed by atoms with Gasteiger partial charge in [-0.05, 0) is 23.9 Å². The molecule has 1 N–H and O–H groups in total. The van der Waals surface area contributed by atoms with Crippen LogP contribution in [0.15, 0.2) is 35.4 Å². The van der Waals surface area contributed by atoms with Gasteiger partial charge in [0.1, 0.15) is 5.69 Å². The van der Waals surface area contributed by atoms with Crippen LogP contribution >= 0.6 is 11.8 Å². The molecule has 1 aromatic heterocycles. The van der Waals surface area contributed by atoms with Crippen molar-refractivity contribution in [3.63, 3.8) is 0 Å². The first-order valence-corrected chi connectivity index (χ1v) is 6.82. The Kier molecular flexibility index (Phi) is 3.43. The Labute approximate surface area is 117 Å². The fourth-order valence-corrected chi connectivity index (χ4v) is 2.41. The number of hydrogen-bond acceptors (Lipinski definition) is 4. The Morgan fingerprint density at radius 1 is 1.20 bits per heavy atom. The van der Waals surface area contributed by atoms with Crippen LogP contribution in [0.3, 0.4) is 0 Å². The van der Waals surface area contributed by atoms with E-state index < -0.39 is 5.51 Å². The maximum Gasteiger partial charge on any atom is 0.446 e. The summed E-state index contributed by atoms with van der Waals surface area (Å²) in [5.74, 6) is 0. The molecule has 2 aromatic rings. The molecule has 8 heteroatoms. The molecule has 0 radical (unpaired) electrons. The van der Waals surface area contributed by atoms with Crippen molar-refractivity contribution in [1.82, 2.24) is 20.3 Å². The van der Waals surface area contributed by atoms with Crippen molar-refractivity contribution in [2.45, 2.75) is 16.4 Å². The summed E-state index contributed by atoms with van der Waals surface area (Å²) in [6, 6.07) is 6.45. The second-order valence-electron chi connectivity index (χ2n) is 4.47. The first-order valence-electron chi connectivity index (χ1n) is 6.00. The van der Waals surface area contributed by atoms with Gasteiger partial charge in [-0.1, -0.05) is 17.3 Å². The Bertz CT molecular complexity index is 589.